The third kappa shape index (κ3) is 4.18. The summed E-state index contributed by atoms with van der Waals surface area (Å²) in [4.78, 5) is 32.2. The Bertz CT molecular complexity index is 876. The minimum absolute atomic E-state index is 0.00564. The fourth-order valence-electron chi connectivity index (χ4n) is 4.95. The maximum atomic E-state index is 13.3. The molecule has 6 nitrogen and oxygen atoms in total. The average Bonchev–Trinajstić information content (AvgIpc) is 3.14. The van der Waals surface area contributed by atoms with E-state index in [1.807, 2.05) is 36.1 Å². The number of benzene rings is 1. The summed E-state index contributed by atoms with van der Waals surface area (Å²) in [7, 11) is 0. The van der Waals surface area contributed by atoms with Crippen molar-refractivity contribution in [2.24, 2.45) is 11.3 Å². The zero-order valence-electron chi connectivity index (χ0n) is 17.5. The highest BCUT2D eigenvalue weighted by Crippen LogP contribution is 2.48. The summed E-state index contributed by atoms with van der Waals surface area (Å²) in [6, 6.07) is 10.9. The molecule has 2 amide bonds. The number of anilines is 1. The molecule has 1 saturated heterocycles. The van der Waals surface area contributed by atoms with E-state index in [1.165, 1.54) is 6.42 Å². The minimum atomic E-state index is -0.199. The first-order valence-corrected chi connectivity index (χ1v) is 10.8. The summed E-state index contributed by atoms with van der Waals surface area (Å²) < 4.78 is 5.48. The highest BCUT2D eigenvalue weighted by Gasteiger charge is 2.51. The van der Waals surface area contributed by atoms with Crippen molar-refractivity contribution in [3.8, 4) is 5.75 Å². The first-order valence-electron chi connectivity index (χ1n) is 10.8. The Morgan fingerprint density at radius 1 is 1.10 bits per heavy atom. The first kappa shape index (κ1) is 20.4. The summed E-state index contributed by atoms with van der Waals surface area (Å²) >= 11 is 0. The normalized spacial score (nSPS) is 20.2. The van der Waals surface area contributed by atoms with Gasteiger partial charge >= 0.3 is 0 Å². The zero-order chi connectivity index (χ0) is 21.0. The van der Waals surface area contributed by atoms with Crippen molar-refractivity contribution in [1.29, 1.82) is 0 Å². The quantitative estimate of drug-likeness (QED) is 0.809. The maximum absolute atomic E-state index is 13.3. The van der Waals surface area contributed by atoms with Crippen LogP contribution in [0, 0.1) is 11.3 Å². The lowest BCUT2D eigenvalue weighted by atomic mass is 9.67. The number of nitrogens with one attached hydrogen (secondary N) is 1. The van der Waals surface area contributed by atoms with Gasteiger partial charge < -0.3 is 15.0 Å². The van der Waals surface area contributed by atoms with E-state index >= 15 is 0 Å². The number of carbonyl (C=O) groups is 2. The van der Waals surface area contributed by atoms with Gasteiger partial charge in [-0.25, -0.2) is 0 Å². The van der Waals surface area contributed by atoms with Crippen LogP contribution in [0.15, 0.2) is 48.8 Å². The van der Waals surface area contributed by atoms with Crippen LogP contribution in [-0.4, -0.2) is 41.4 Å². The summed E-state index contributed by atoms with van der Waals surface area (Å²) in [6.45, 7) is 3.66. The first-order chi connectivity index (χ1) is 14.6. The van der Waals surface area contributed by atoms with Crippen molar-refractivity contribution in [2.75, 3.05) is 25.0 Å². The van der Waals surface area contributed by atoms with Crippen LogP contribution in [0.1, 0.15) is 49.4 Å². The fourth-order valence-corrected chi connectivity index (χ4v) is 4.95. The Morgan fingerprint density at radius 2 is 1.80 bits per heavy atom. The molecule has 1 saturated carbocycles. The topological polar surface area (TPSA) is 71.5 Å². The second-order valence-corrected chi connectivity index (χ2v) is 8.34. The van der Waals surface area contributed by atoms with Crippen molar-refractivity contribution in [2.45, 2.75) is 39.0 Å². The molecule has 0 bridgehead atoms. The third-order valence-electron chi connectivity index (χ3n) is 6.46. The van der Waals surface area contributed by atoms with Crippen LogP contribution in [0.3, 0.4) is 0 Å². The van der Waals surface area contributed by atoms with Gasteiger partial charge in [-0.05, 0) is 56.2 Å². The van der Waals surface area contributed by atoms with Crippen LogP contribution in [0.25, 0.3) is 0 Å². The van der Waals surface area contributed by atoms with Gasteiger partial charge in [-0.1, -0.05) is 19.3 Å². The molecule has 2 heterocycles. The number of amides is 2. The van der Waals surface area contributed by atoms with Crippen molar-refractivity contribution in [1.82, 2.24) is 9.88 Å². The Labute approximate surface area is 177 Å². The highest BCUT2D eigenvalue weighted by molar-refractivity contribution is 5.97. The molecular formula is C24H29N3O3. The zero-order valence-corrected chi connectivity index (χ0v) is 17.5. The van der Waals surface area contributed by atoms with Gasteiger partial charge in [0.2, 0.25) is 5.91 Å². The summed E-state index contributed by atoms with van der Waals surface area (Å²) in [5.41, 5.74) is 1.26. The second kappa shape index (κ2) is 8.86. The van der Waals surface area contributed by atoms with Gasteiger partial charge in [-0.2, -0.15) is 0 Å². The number of pyridine rings is 1. The predicted octanol–water partition coefficient (Wildman–Crippen LogP) is 4.14. The lowest BCUT2D eigenvalue weighted by Crippen LogP contribution is -2.39. The van der Waals surface area contributed by atoms with E-state index in [4.69, 9.17) is 4.74 Å². The molecule has 2 aliphatic rings. The smallest absolute Gasteiger partial charge is 0.254 e. The molecule has 0 unspecified atom stereocenters. The number of nitrogens with zero attached hydrogens (tertiary/aromatic N) is 2. The third-order valence-corrected chi connectivity index (χ3v) is 6.46. The van der Waals surface area contributed by atoms with Gasteiger partial charge in [-0.3, -0.25) is 14.6 Å². The maximum Gasteiger partial charge on any atom is 0.254 e. The molecule has 6 heteroatoms. The highest BCUT2D eigenvalue weighted by atomic mass is 16.5. The van der Waals surface area contributed by atoms with Crippen LogP contribution < -0.4 is 10.1 Å². The Morgan fingerprint density at radius 3 is 2.47 bits per heavy atom. The van der Waals surface area contributed by atoms with Gasteiger partial charge in [0.05, 0.1) is 12.5 Å². The molecule has 1 aromatic carbocycles. The van der Waals surface area contributed by atoms with E-state index in [-0.39, 0.29) is 23.1 Å². The molecule has 1 aliphatic heterocycles. The average molecular weight is 408 g/mol. The second-order valence-electron chi connectivity index (χ2n) is 8.34. The van der Waals surface area contributed by atoms with Crippen molar-refractivity contribution in [3.05, 3.63) is 54.4 Å². The summed E-state index contributed by atoms with van der Waals surface area (Å²) in [5.74, 6) is 0.578. The predicted molar refractivity (Wildman–Crippen MR) is 115 cm³/mol. The van der Waals surface area contributed by atoms with Crippen molar-refractivity contribution in [3.63, 3.8) is 0 Å². The number of likely N-dealkylation sites (tertiary alicyclic amines) is 1. The largest absolute Gasteiger partial charge is 0.494 e. The molecule has 2 aromatic rings. The number of ether oxygens (including phenoxy) is 1. The molecule has 1 aromatic heterocycles. The Kier molecular flexibility index (Phi) is 6.02. The van der Waals surface area contributed by atoms with E-state index < -0.39 is 0 Å². The van der Waals surface area contributed by atoms with E-state index in [0.29, 0.717) is 25.3 Å². The molecule has 1 atom stereocenters. The van der Waals surface area contributed by atoms with E-state index in [9.17, 15) is 9.59 Å². The number of carbonyl (C=O) groups excluding carboxylic acids is 2. The van der Waals surface area contributed by atoms with Crippen molar-refractivity contribution >= 4 is 17.5 Å². The SMILES string of the molecule is CCOc1ccc(NC(=O)[C@H]2CN(C(=O)c3ccncc3)CC23CCCCC3)cc1. The summed E-state index contributed by atoms with van der Waals surface area (Å²) in [6.07, 6.45) is 8.69. The van der Waals surface area contributed by atoms with E-state index in [1.54, 1.807) is 24.5 Å². The van der Waals surface area contributed by atoms with E-state index in [2.05, 4.69) is 10.3 Å². The monoisotopic (exact) mass is 407 g/mol. The molecule has 2 fully saturated rings. The van der Waals surface area contributed by atoms with Gasteiger partial charge in [0, 0.05) is 42.1 Å². The Balaban J connectivity index is 1.52. The molecule has 30 heavy (non-hydrogen) atoms. The van der Waals surface area contributed by atoms with Crippen LogP contribution in [0.4, 0.5) is 5.69 Å². The molecule has 1 aliphatic carbocycles. The van der Waals surface area contributed by atoms with Crippen molar-refractivity contribution < 1.29 is 14.3 Å². The van der Waals surface area contributed by atoms with Gasteiger partial charge in [0.25, 0.3) is 5.91 Å². The molecule has 0 radical (unpaired) electrons. The van der Waals surface area contributed by atoms with Crippen LogP contribution in [0.5, 0.6) is 5.75 Å². The molecular weight excluding hydrogens is 378 g/mol. The van der Waals surface area contributed by atoms with Crippen LogP contribution in [0.2, 0.25) is 0 Å². The number of hydrogen-bond donors (Lipinski definition) is 1. The molecule has 1 N–H and O–H groups in total. The Hall–Kier alpha value is -2.89. The van der Waals surface area contributed by atoms with Crippen LogP contribution in [-0.2, 0) is 4.79 Å². The van der Waals surface area contributed by atoms with Crippen LogP contribution >= 0.6 is 0 Å². The van der Waals surface area contributed by atoms with Gasteiger partial charge in [0.15, 0.2) is 0 Å². The number of aromatic nitrogens is 1. The molecule has 1 spiro atoms. The standard InChI is InChI=1S/C24H29N3O3/c1-2-30-20-8-6-19(7-9-20)26-22(28)21-16-27(17-24(21)12-4-3-5-13-24)23(29)18-10-14-25-15-11-18/h6-11,14-15,21H,2-5,12-13,16-17H2,1H3,(H,26,28)/t21-/m1/s1. The summed E-state index contributed by atoms with van der Waals surface area (Å²) in [5, 5.41) is 3.08. The molecule has 158 valence electrons. The minimum Gasteiger partial charge on any atom is -0.494 e. The molecule has 4 rings (SSSR count). The van der Waals surface area contributed by atoms with Gasteiger partial charge in [0.1, 0.15) is 5.75 Å². The number of rotatable bonds is 5. The fraction of sp³-hybridized carbons (Fsp3) is 0.458. The lowest BCUT2D eigenvalue weighted by molar-refractivity contribution is -0.123. The number of hydrogen-bond acceptors (Lipinski definition) is 4. The van der Waals surface area contributed by atoms with Gasteiger partial charge in [-0.15, -0.1) is 0 Å². The lowest BCUT2D eigenvalue weighted by Gasteiger charge is -2.37. The van der Waals surface area contributed by atoms with E-state index in [0.717, 1.165) is 37.1 Å².